The molecular weight excluding hydrogens is 234 g/mol. The van der Waals surface area contributed by atoms with Crippen LogP contribution in [0.3, 0.4) is 0 Å². The van der Waals surface area contributed by atoms with Crippen molar-refractivity contribution in [1.29, 1.82) is 0 Å². The average molecular weight is 267 g/mol. The number of hydrogen-bond acceptors (Lipinski definition) is 3. The van der Waals surface area contributed by atoms with Crippen molar-refractivity contribution in [3.05, 3.63) is 0 Å². The van der Waals surface area contributed by atoms with Gasteiger partial charge in [-0.25, -0.2) is 0 Å². The van der Waals surface area contributed by atoms with E-state index in [2.05, 4.69) is 22.0 Å². The molecule has 0 aromatic rings. The van der Waals surface area contributed by atoms with Crippen LogP contribution in [0.5, 0.6) is 0 Å². The predicted octanol–water partition coefficient (Wildman–Crippen LogP) is 2.33. The van der Waals surface area contributed by atoms with Crippen molar-refractivity contribution in [2.45, 2.75) is 57.9 Å². The molecule has 112 valence electrons. The first-order valence-corrected chi connectivity index (χ1v) is 8.56. The van der Waals surface area contributed by atoms with Crippen molar-refractivity contribution in [2.75, 3.05) is 45.8 Å². The minimum absolute atomic E-state index is 0.778. The summed E-state index contributed by atoms with van der Waals surface area (Å²) in [7, 11) is 0. The molecule has 0 aliphatic carbocycles. The van der Waals surface area contributed by atoms with Crippen LogP contribution < -0.4 is 5.32 Å². The monoisotopic (exact) mass is 267 g/mol. The van der Waals surface area contributed by atoms with Gasteiger partial charge in [0.2, 0.25) is 0 Å². The Bertz CT molecular complexity index is 226. The van der Waals surface area contributed by atoms with Crippen molar-refractivity contribution in [1.82, 2.24) is 15.1 Å². The highest BCUT2D eigenvalue weighted by Gasteiger charge is 2.16. The van der Waals surface area contributed by atoms with Crippen LogP contribution in [0, 0.1) is 0 Å². The molecular formula is C16H33N3. The van der Waals surface area contributed by atoms with Crippen LogP contribution in [-0.4, -0.2) is 61.7 Å². The Morgan fingerprint density at radius 2 is 1.63 bits per heavy atom. The Balaban J connectivity index is 1.53. The van der Waals surface area contributed by atoms with Gasteiger partial charge in [0.25, 0.3) is 0 Å². The molecule has 0 saturated carbocycles. The highest BCUT2D eigenvalue weighted by atomic mass is 15.1. The Hall–Kier alpha value is -0.120. The molecule has 3 nitrogen and oxygen atoms in total. The fraction of sp³-hybridized carbons (Fsp3) is 1.00. The largest absolute Gasteiger partial charge is 0.314 e. The van der Waals surface area contributed by atoms with Crippen molar-refractivity contribution < 1.29 is 0 Å². The van der Waals surface area contributed by atoms with Gasteiger partial charge in [-0.1, -0.05) is 6.92 Å². The molecule has 2 fully saturated rings. The lowest BCUT2D eigenvalue weighted by Gasteiger charge is -2.20. The van der Waals surface area contributed by atoms with Gasteiger partial charge in [-0.3, -0.25) is 0 Å². The SMILES string of the molecule is CCCN1CCCC(NCCCN2CCCC2)CC1. The van der Waals surface area contributed by atoms with Crippen LogP contribution in [0.2, 0.25) is 0 Å². The van der Waals surface area contributed by atoms with Gasteiger partial charge in [0.05, 0.1) is 0 Å². The number of nitrogens with one attached hydrogen (secondary N) is 1. The van der Waals surface area contributed by atoms with Crippen LogP contribution in [0.15, 0.2) is 0 Å². The molecule has 2 saturated heterocycles. The lowest BCUT2D eigenvalue weighted by Crippen LogP contribution is -2.33. The average Bonchev–Trinajstić information content (AvgIpc) is 2.83. The van der Waals surface area contributed by atoms with E-state index in [1.807, 2.05) is 0 Å². The summed E-state index contributed by atoms with van der Waals surface area (Å²) in [4.78, 5) is 5.27. The molecule has 0 aromatic carbocycles. The summed E-state index contributed by atoms with van der Waals surface area (Å²) in [6.07, 6.45) is 9.58. The molecule has 2 rings (SSSR count). The van der Waals surface area contributed by atoms with Crippen molar-refractivity contribution in [3.8, 4) is 0 Å². The fourth-order valence-electron chi connectivity index (χ4n) is 3.51. The third-order valence-electron chi connectivity index (χ3n) is 4.64. The van der Waals surface area contributed by atoms with E-state index in [-0.39, 0.29) is 0 Å². The minimum Gasteiger partial charge on any atom is -0.314 e. The van der Waals surface area contributed by atoms with E-state index >= 15 is 0 Å². The van der Waals surface area contributed by atoms with Gasteiger partial charge in [-0.2, -0.15) is 0 Å². The maximum atomic E-state index is 3.79. The highest BCUT2D eigenvalue weighted by molar-refractivity contribution is 4.75. The summed E-state index contributed by atoms with van der Waals surface area (Å²) in [5.74, 6) is 0. The standard InChI is InChI=1S/C16H33N3/c1-2-10-18-13-5-7-16(8-15-18)17-9-6-14-19-11-3-4-12-19/h16-17H,2-15H2,1H3. The number of rotatable bonds is 7. The molecule has 1 atom stereocenters. The molecule has 1 N–H and O–H groups in total. The molecule has 2 aliphatic heterocycles. The van der Waals surface area contributed by atoms with Crippen LogP contribution >= 0.6 is 0 Å². The third-order valence-corrected chi connectivity index (χ3v) is 4.64. The van der Waals surface area contributed by atoms with Gasteiger partial charge in [-0.05, 0) is 90.8 Å². The summed E-state index contributed by atoms with van der Waals surface area (Å²) in [5.41, 5.74) is 0. The molecule has 0 radical (unpaired) electrons. The second-order valence-corrected chi connectivity index (χ2v) is 6.33. The van der Waals surface area contributed by atoms with E-state index in [9.17, 15) is 0 Å². The van der Waals surface area contributed by atoms with Gasteiger partial charge in [0, 0.05) is 6.04 Å². The third kappa shape index (κ3) is 5.80. The predicted molar refractivity (Wildman–Crippen MR) is 82.7 cm³/mol. The first kappa shape index (κ1) is 15.3. The molecule has 1 unspecified atom stereocenters. The van der Waals surface area contributed by atoms with E-state index < -0.39 is 0 Å². The minimum atomic E-state index is 0.778. The molecule has 0 aromatic heterocycles. The van der Waals surface area contributed by atoms with Crippen LogP contribution in [0.25, 0.3) is 0 Å². The van der Waals surface area contributed by atoms with E-state index in [0.29, 0.717) is 0 Å². The lowest BCUT2D eigenvalue weighted by molar-refractivity contribution is 0.282. The van der Waals surface area contributed by atoms with Gasteiger partial charge in [0.15, 0.2) is 0 Å². The fourth-order valence-corrected chi connectivity index (χ4v) is 3.51. The molecule has 0 bridgehead atoms. The Kier molecular flexibility index (Phi) is 7.18. The Morgan fingerprint density at radius 1 is 0.895 bits per heavy atom. The van der Waals surface area contributed by atoms with E-state index in [1.165, 1.54) is 90.8 Å². The van der Waals surface area contributed by atoms with Gasteiger partial charge >= 0.3 is 0 Å². The summed E-state index contributed by atoms with van der Waals surface area (Å²) < 4.78 is 0. The zero-order chi connectivity index (χ0) is 13.3. The topological polar surface area (TPSA) is 18.5 Å². The summed E-state index contributed by atoms with van der Waals surface area (Å²) >= 11 is 0. The normalized spacial score (nSPS) is 26.7. The zero-order valence-electron chi connectivity index (χ0n) is 12.9. The first-order chi connectivity index (χ1) is 9.38. The number of nitrogens with zero attached hydrogens (tertiary/aromatic N) is 2. The van der Waals surface area contributed by atoms with Crippen molar-refractivity contribution in [3.63, 3.8) is 0 Å². The summed E-state index contributed by atoms with van der Waals surface area (Å²) in [6, 6.07) is 0.778. The second-order valence-electron chi connectivity index (χ2n) is 6.33. The van der Waals surface area contributed by atoms with E-state index in [0.717, 1.165) is 6.04 Å². The van der Waals surface area contributed by atoms with Crippen molar-refractivity contribution >= 4 is 0 Å². The molecule has 0 amide bonds. The molecule has 0 spiro atoms. The van der Waals surface area contributed by atoms with Crippen molar-refractivity contribution in [2.24, 2.45) is 0 Å². The smallest absolute Gasteiger partial charge is 0.00797 e. The maximum Gasteiger partial charge on any atom is 0.00797 e. The molecule has 19 heavy (non-hydrogen) atoms. The molecule has 3 heteroatoms. The molecule has 2 heterocycles. The number of likely N-dealkylation sites (tertiary alicyclic amines) is 2. The Morgan fingerprint density at radius 3 is 2.42 bits per heavy atom. The van der Waals surface area contributed by atoms with Crippen LogP contribution in [0.4, 0.5) is 0 Å². The first-order valence-electron chi connectivity index (χ1n) is 8.56. The van der Waals surface area contributed by atoms with Crippen LogP contribution in [-0.2, 0) is 0 Å². The zero-order valence-corrected chi connectivity index (χ0v) is 12.9. The van der Waals surface area contributed by atoms with E-state index in [1.54, 1.807) is 0 Å². The van der Waals surface area contributed by atoms with Gasteiger partial charge < -0.3 is 15.1 Å². The quantitative estimate of drug-likeness (QED) is 0.714. The lowest BCUT2D eigenvalue weighted by atomic mass is 10.1. The summed E-state index contributed by atoms with van der Waals surface area (Å²) in [5, 5.41) is 3.79. The summed E-state index contributed by atoms with van der Waals surface area (Å²) in [6.45, 7) is 11.4. The van der Waals surface area contributed by atoms with Crippen LogP contribution in [0.1, 0.15) is 51.9 Å². The van der Waals surface area contributed by atoms with Gasteiger partial charge in [-0.15, -0.1) is 0 Å². The number of hydrogen-bond donors (Lipinski definition) is 1. The van der Waals surface area contributed by atoms with Gasteiger partial charge in [0.1, 0.15) is 0 Å². The highest BCUT2D eigenvalue weighted by Crippen LogP contribution is 2.12. The molecule has 2 aliphatic rings. The maximum absolute atomic E-state index is 3.79. The second kappa shape index (κ2) is 8.93. The Labute approximate surface area is 119 Å². The van der Waals surface area contributed by atoms with E-state index in [4.69, 9.17) is 0 Å².